The van der Waals surface area contributed by atoms with Crippen molar-refractivity contribution in [3.63, 3.8) is 0 Å². The standard InChI is InChI=1S/C19H35ClN2O5S.ClH/c1-4-5-6-7-11-8-12(21-9-11)18(26)22-13(10(2)20)17-15(24)14(23)16(25)19(27-17)28-3;/h10-17,19,21,23-25H,4-9H2,1-3H3,(H,22,26);1H/t10-,11-,12+,13+,14+,15-,16-,17-,19-;/m1./s1. The van der Waals surface area contributed by atoms with Crippen molar-refractivity contribution in [2.75, 3.05) is 12.8 Å². The third kappa shape index (κ3) is 7.10. The van der Waals surface area contributed by atoms with Crippen LogP contribution >= 0.6 is 35.8 Å². The minimum absolute atomic E-state index is 0. The van der Waals surface area contributed by atoms with Gasteiger partial charge in [-0.2, -0.15) is 0 Å². The van der Waals surface area contributed by atoms with Gasteiger partial charge in [0.05, 0.1) is 17.5 Å². The number of thioether (sulfide) groups is 1. The molecule has 0 aliphatic carbocycles. The van der Waals surface area contributed by atoms with E-state index in [4.69, 9.17) is 16.3 Å². The number of amides is 1. The summed E-state index contributed by atoms with van der Waals surface area (Å²) in [5, 5.41) is 36.3. The molecule has 0 radical (unpaired) electrons. The van der Waals surface area contributed by atoms with E-state index in [-0.39, 0.29) is 24.4 Å². The molecule has 0 aromatic carbocycles. The van der Waals surface area contributed by atoms with Gasteiger partial charge in [-0.25, -0.2) is 0 Å². The number of aliphatic hydroxyl groups is 3. The fourth-order valence-corrected chi connectivity index (χ4v) is 4.89. The zero-order chi connectivity index (χ0) is 20.8. The quantitative estimate of drug-likeness (QED) is 0.252. The van der Waals surface area contributed by atoms with Crippen LogP contribution in [0.3, 0.4) is 0 Å². The van der Waals surface area contributed by atoms with Gasteiger partial charge in [0.25, 0.3) is 0 Å². The number of aliphatic hydroxyl groups excluding tert-OH is 3. The van der Waals surface area contributed by atoms with Gasteiger partial charge in [-0.1, -0.05) is 26.2 Å². The Morgan fingerprint density at radius 2 is 1.97 bits per heavy atom. The second kappa shape index (κ2) is 12.9. The van der Waals surface area contributed by atoms with Gasteiger partial charge in [-0.15, -0.1) is 35.8 Å². The Bertz CT molecular complexity index is 503. The highest BCUT2D eigenvalue weighted by Crippen LogP contribution is 2.30. The molecule has 2 saturated heterocycles. The van der Waals surface area contributed by atoms with Crippen molar-refractivity contribution in [1.82, 2.24) is 10.6 Å². The first-order valence-corrected chi connectivity index (χ1v) is 11.9. The largest absolute Gasteiger partial charge is 0.388 e. The summed E-state index contributed by atoms with van der Waals surface area (Å²) in [7, 11) is 0. The topological polar surface area (TPSA) is 111 Å². The average Bonchev–Trinajstić information content (AvgIpc) is 3.14. The van der Waals surface area contributed by atoms with E-state index in [1.165, 1.54) is 31.0 Å². The highest BCUT2D eigenvalue weighted by atomic mass is 35.5. The number of alkyl halides is 1. The van der Waals surface area contributed by atoms with Gasteiger partial charge in [-0.05, 0) is 38.5 Å². The Hall–Kier alpha value is 0.200. The second-order valence-electron chi connectivity index (χ2n) is 7.95. The lowest BCUT2D eigenvalue weighted by Gasteiger charge is -2.44. The van der Waals surface area contributed by atoms with Crippen molar-refractivity contribution < 1.29 is 24.9 Å². The van der Waals surface area contributed by atoms with Crippen LogP contribution in [0.5, 0.6) is 0 Å². The first kappa shape index (κ1) is 27.2. The molecule has 2 fully saturated rings. The second-order valence-corrected chi connectivity index (χ2v) is 9.57. The Balaban J connectivity index is 0.00000420. The van der Waals surface area contributed by atoms with E-state index < -0.39 is 41.3 Å². The van der Waals surface area contributed by atoms with Gasteiger partial charge in [0.1, 0.15) is 29.9 Å². The van der Waals surface area contributed by atoms with E-state index in [1.54, 1.807) is 13.2 Å². The molecule has 0 aromatic rings. The Labute approximate surface area is 189 Å². The summed E-state index contributed by atoms with van der Waals surface area (Å²) in [6.07, 6.45) is 2.39. The maximum Gasteiger partial charge on any atom is 0.237 e. The zero-order valence-electron chi connectivity index (χ0n) is 17.3. The van der Waals surface area contributed by atoms with E-state index in [0.29, 0.717) is 5.92 Å². The van der Waals surface area contributed by atoms with Crippen LogP contribution in [0.1, 0.15) is 46.0 Å². The molecule has 10 heteroatoms. The zero-order valence-corrected chi connectivity index (χ0v) is 19.7. The van der Waals surface area contributed by atoms with E-state index in [9.17, 15) is 20.1 Å². The van der Waals surface area contributed by atoms with Crippen LogP contribution in [0, 0.1) is 5.92 Å². The van der Waals surface area contributed by atoms with Crippen molar-refractivity contribution in [3.05, 3.63) is 0 Å². The lowest BCUT2D eigenvalue weighted by molar-refractivity contribution is -0.205. The molecule has 29 heavy (non-hydrogen) atoms. The molecule has 2 aliphatic heterocycles. The molecule has 1 amide bonds. The molecule has 2 heterocycles. The molecule has 0 unspecified atom stereocenters. The maximum absolute atomic E-state index is 12.8. The molecule has 0 bridgehead atoms. The fraction of sp³-hybridized carbons (Fsp3) is 0.947. The minimum Gasteiger partial charge on any atom is -0.388 e. The smallest absolute Gasteiger partial charge is 0.237 e. The van der Waals surface area contributed by atoms with Crippen LogP contribution in [0.15, 0.2) is 0 Å². The molecule has 0 saturated carbocycles. The first-order valence-electron chi connectivity index (χ1n) is 10.2. The summed E-state index contributed by atoms with van der Waals surface area (Å²) < 4.78 is 5.79. The van der Waals surface area contributed by atoms with Gasteiger partial charge >= 0.3 is 0 Å². The number of unbranched alkanes of at least 4 members (excludes halogenated alkanes) is 2. The van der Waals surface area contributed by atoms with Gasteiger partial charge < -0.3 is 30.7 Å². The van der Waals surface area contributed by atoms with E-state index in [2.05, 4.69) is 17.6 Å². The number of nitrogens with one attached hydrogen (secondary N) is 2. The minimum atomic E-state index is -1.36. The van der Waals surface area contributed by atoms with Crippen LogP contribution in [0.4, 0.5) is 0 Å². The molecular weight excluding hydrogens is 439 g/mol. The van der Waals surface area contributed by atoms with Crippen molar-refractivity contribution in [2.24, 2.45) is 5.92 Å². The number of halogens is 2. The van der Waals surface area contributed by atoms with E-state index in [1.807, 2.05) is 0 Å². The Morgan fingerprint density at radius 1 is 1.28 bits per heavy atom. The number of hydrogen-bond donors (Lipinski definition) is 5. The number of hydrogen-bond acceptors (Lipinski definition) is 7. The molecule has 2 aliphatic rings. The first-order chi connectivity index (χ1) is 13.3. The summed E-state index contributed by atoms with van der Waals surface area (Å²) in [6.45, 7) is 4.71. The van der Waals surface area contributed by atoms with E-state index in [0.717, 1.165) is 19.4 Å². The summed E-state index contributed by atoms with van der Waals surface area (Å²) >= 11 is 7.54. The Morgan fingerprint density at radius 3 is 2.55 bits per heavy atom. The number of rotatable bonds is 9. The average molecular weight is 475 g/mol. The monoisotopic (exact) mass is 474 g/mol. The molecule has 0 aromatic heterocycles. The van der Waals surface area contributed by atoms with Gasteiger partial charge in [-0.3, -0.25) is 4.79 Å². The lowest BCUT2D eigenvalue weighted by Crippen LogP contribution is -2.65. The summed E-state index contributed by atoms with van der Waals surface area (Å²) in [6, 6.07) is -0.987. The number of ether oxygens (including phenoxy) is 1. The number of carbonyl (C=O) groups is 1. The predicted octanol–water partition coefficient (Wildman–Crippen LogP) is 1.25. The van der Waals surface area contributed by atoms with Crippen molar-refractivity contribution in [3.8, 4) is 0 Å². The normalized spacial score (nSPS) is 36.9. The van der Waals surface area contributed by atoms with Crippen LogP contribution in [-0.2, 0) is 9.53 Å². The van der Waals surface area contributed by atoms with Crippen molar-refractivity contribution >= 4 is 41.7 Å². The molecule has 2 rings (SSSR count). The van der Waals surface area contributed by atoms with Crippen molar-refractivity contribution in [1.29, 1.82) is 0 Å². The molecule has 172 valence electrons. The number of carbonyl (C=O) groups excluding carboxylic acids is 1. The lowest BCUT2D eigenvalue weighted by atomic mass is 9.92. The van der Waals surface area contributed by atoms with Crippen molar-refractivity contribution in [2.45, 2.75) is 93.3 Å². The van der Waals surface area contributed by atoms with Crippen LogP contribution in [-0.4, -0.2) is 81.3 Å². The molecule has 5 N–H and O–H groups in total. The summed E-state index contributed by atoms with van der Waals surface area (Å²) in [4.78, 5) is 12.8. The SMILES string of the molecule is CCCCC[C@H]1CN[C@H](C(=O)N[C@H]([C@H]2O[C@H](SC)[C@H](O)[C@@H](O)[C@H]2O)[C@@H](C)Cl)C1.Cl. The van der Waals surface area contributed by atoms with E-state index >= 15 is 0 Å². The third-order valence-corrected chi connectivity index (χ3v) is 6.88. The van der Waals surface area contributed by atoms with Crippen LogP contribution < -0.4 is 10.6 Å². The molecular formula is C19H36Cl2N2O5S. The molecule has 9 atom stereocenters. The van der Waals surface area contributed by atoms with Gasteiger partial charge in [0, 0.05) is 0 Å². The predicted molar refractivity (Wildman–Crippen MR) is 119 cm³/mol. The Kier molecular flexibility index (Phi) is 12.1. The maximum atomic E-state index is 12.8. The third-order valence-electron chi connectivity index (χ3n) is 5.75. The van der Waals surface area contributed by atoms with Gasteiger partial charge in [0.15, 0.2) is 0 Å². The molecule has 0 spiro atoms. The summed E-state index contributed by atoms with van der Waals surface area (Å²) in [5.74, 6) is 0.316. The molecule has 7 nitrogen and oxygen atoms in total. The summed E-state index contributed by atoms with van der Waals surface area (Å²) in [5.41, 5.74) is -0.703. The highest BCUT2D eigenvalue weighted by Gasteiger charge is 2.48. The van der Waals surface area contributed by atoms with Crippen LogP contribution in [0.2, 0.25) is 0 Å². The highest BCUT2D eigenvalue weighted by molar-refractivity contribution is 7.99. The fourth-order valence-electron chi connectivity index (χ4n) is 4.00. The van der Waals surface area contributed by atoms with Gasteiger partial charge in [0.2, 0.25) is 5.91 Å². The van der Waals surface area contributed by atoms with Crippen LogP contribution in [0.25, 0.3) is 0 Å².